The summed E-state index contributed by atoms with van der Waals surface area (Å²) in [6.45, 7) is 2.09. The molecule has 0 aliphatic rings. The topological polar surface area (TPSA) is 55.1 Å². The van der Waals surface area contributed by atoms with Gasteiger partial charge in [-0.25, -0.2) is 0 Å². The molecule has 0 unspecified atom stereocenters. The molecule has 0 aromatic heterocycles. The number of nitrogen functional groups attached to an aromatic ring is 1. The van der Waals surface area contributed by atoms with Crippen LogP contribution < -0.4 is 11.1 Å². The standard InChI is InChI=1S/C15H16N2O/c1-2-11-6-8-12(9-7-11)15(18)17-14-5-3-4-13(16)10-14/h3-10H,2,16H2,1H3,(H,17,18). The number of nitrogens with two attached hydrogens (primary N) is 1. The first-order valence-corrected chi connectivity index (χ1v) is 5.95. The maximum absolute atomic E-state index is 12.0. The third-order valence-electron chi connectivity index (χ3n) is 2.77. The van der Waals surface area contributed by atoms with Crippen LogP contribution in [0.1, 0.15) is 22.8 Å². The first kappa shape index (κ1) is 12.2. The van der Waals surface area contributed by atoms with Gasteiger partial charge in [0.1, 0.15) is 0 Å². The molecule has 0 aliphatic carbocycles. The van der Waals surface area contributed by atoms with E-state index in [-0.39, 0.29) is 5.91 Å². The highest BCUT2D eigenvalue weighted by Crippen LogP contribution is 2.13. The van der Waals surface area contributed by atoms with E-state index in [1.54, 1.807) is 12.1 Å². The molecule has 0 heterocycles. The van der Waals surface area contributed by atoms with Gasteiger partial charge in [-0.2, -0.15) is 0 Å². The SMILES string of the molecule is CCc1ccc(C(=O)Nc2cccc(N)c2)cc1. The molecule has 3 N–H and O–H groups in total. The molecular formula is C15H16N2O. The van der Waals surface area contributed by atoms with E-state index in [2.05, 4.69) is 12.2 Å². The number of nitrogens with one attached hydrogen (secondary N) is 1. The zero-order chi connectivity index (χ0) is 13.0. The Balaban J connectivity index is 2.11. The Bertz CT molecular complexity index is 547. The molecular weight excluding hydrogens is 224 g/mol. The molecule has 0 radical (unpaired) electrons. The second-order valence-electron chi connectivity index (χ2n) is 4.13. The third kappa shape index (κ3) is 2.88. The molecule has 3 nitrogen and oxygen atoms in total. The van der Waals surface area contributed by atoms with Gasteiger partial charge in [0.2, 0.25) is 0 Å². The van der Waals surface area contributed by atoms with Gasteiger partial charge in [0.25, 0.3) is 5.91 Å². The van der Waals surface area contributed by atoms with Crippen molar-refractivity contribution in [1.82, 2.24) is 0 Å². The summed E-state index contributed by atoms with van der Waals surface area (Å²) in [5.41, 5.74) is 8.87. The van der Waals surface area contributed by atoms with Crippen LogP contribution in [0, 0.1) is 0 Å². The summed E-state index contributed by atoms with van der Waals surface area (Å²) in [7, 11) is 0. The minimum atomic E-state index is -0.122. The van der Waals surface area contributed by atoms with Gasteiger partial charge in [0.05, 0.1) is 0 Å². The molecule has 1 amide bonds. The molecule has 2 aromatic rings. The summed E-state index contributed by atoms with van der Waals surface area (Å²) in [6.07, 6.45) is 0.969. The van der Waals surface area contributed by atoms with Gasteiger partial charge in [-0.05, 0) is 42.3 Å². The molecule has 0 spiro atoms. The van der Waals surface area contributed by atoms with Crippen LogP contribution >= 0.6 is 0 Å². The predicted molar refractivity (Wildman–Crippen MR) is 74.6 cm³/mol. The van der Waals surface area contributed by atoms with Crippen LogP contribution in [0.2, 0.25) is 0 Å². The van der Waals surface area contributed by atoms with Crippen LogP contribution in [0.4, 0.5) is 11.4 Å². The van der Waals surface area contributed by atoms with Gasteiger partial charge in [0.15, 0.2) is 0 Å². The molecule has 0 aliphatic heterocycles. The Morgan fingerprint density at radius 3 is 2.50 bits per heavy atom. The van der Waals surface area contributed by atoms with E-state index in [1.165, 1.54) is 5.56 Å². The lowest BCUT2D eigenvalue weighted by atomic mass is 10.1. The Kier molecular flexibility index (Phi) is 3.63. The molecule has 2 rings (SSSR count). The zero-order valence-corrected chi connectivity index (χ0v) is 10.3. The van der Waals surface area contributed by atoms with Crippen molar-refractivity contribution in [1.29, 1.82) is 0 Å². The smallest absolute Gasteiger partial charge is 0.255 e. The van der Waals surface area contributed by atoms with Crippen LogP contribution in [0.25, 0.3) is 0 Å². The molecule has 0 saturated heterocycles. The molecule has 18 heavy (non-hydrogen) atoms. The van der Waals surface area contributed by atoms with Gasteiger partial charge in [-0.15, -0.1) is 0 Å². The van der Waals surface area contributed by atoms with Crippen molar-refractivity contribution in [3.8, 4) is 0 Å². The van der Waals surface area contributed by atoms with E-state index in [0.717, 1.165) is 6.42 Å². The maximum atomic E-state index is 12.0. The summed E-state index contributed by atoms with van der Waals surface area (Å²) in [6, 6.07) is 14.7. The number of benzene rings is 2. The monoisotopic (exact) mass is 240 g/mol. The fourth-order valence-electron chi connectivity index (χ4n) is 1.71. The predicted octanol–water partition coefficient (Wildman–Crippen LogP) is 3.08. The highest BCUT2D eigenvalue weighted by Gasteiger charge is 2.05. The first-order chi connectivity index (χ1) is 8.69. The molecule has 2 aromatic carbocycles. The van der Waals surface area contributed by atoms with Crippen molar-refractivity contribution in [2.45, 2.75) is 13.3 Å². The van der Waals surface area contributed by atoms with Crippen LogP contribution in [-0.4, -0.2) is 5.91 Å². The number of aryl methyl sites for hydroxylation is 1. The number of carbonyl (C=O) groups excluding carboxylic acids is 1. The van der Waals surface area contributed by atoms with Gasteiger partial charge in [-0.3, -0.25) is 4.79 Å². The van der Waals surface area contributed by atoms with Crippen molar-refractivity contribution >= 4 is 17.3 Å². The number of rotatable bonds is 3. The van der Waals surface area contributed by atoms with E-state index in [4.69, 9.17) is 5.73 Å². The number of hydrogen-bond acceptors (Lipinski definition) is 2. The number of hydrogen-bond donors (Lipinski definition) is 2. The Hall–Kier alpha value is -2.29. The van der Waals surface area contributed by atoms with E-state index >= 15 is 0 Å². The van der Waals surface area contributed by atoms with Gasteiger partial charge < -0.3 is 11.1 Å². The quantitative estimate of drug-likeness (QED) is 0.810. The van der Waals surface area contributed by atoms with E-state index < -0.39 is 0 Å². The lowest BCUT2D eigenvalue weighted by molar-refractivity contribution is 0.102. The van der Waals surface area contributed by atoms with E-state index in [9.17, 15) is 4.79 Å². The van der Waals surface area contributed by atoms with Crippen LogP contribution in [0.3, 0.4) is 0 Å². The second-order valence-corrected chi connectivity index (χ2v) is 4.13. The Morgan fingerprint density at radius 2 is 1.89 bits per heavy atom. The van der Waals surface area contributed by atoms with Gasteiger partial charge in [-0.1, -0.05) is 25.1 Å². The van der Waals surface area contributed by atoms with E-state index in [0.29, 0.717) is 16.9 Å². The normalized spacial score (nSPS) is 10.1. The van der Waals surface area contributed by atoms with Crippen LogP contribution in [0.5, 0.6) is 0 Å². The van der Waals surface area contributed by atoms with Crippen LogP contribution in [-0.2, 0) is 6.42 Å². The Labute approximate surface area is 107 Å². The summed E-state index contributed by atoms with van der Waals surface area (Å²) >= 11 is 0. The molecule has 92 valence electrons. The summed E-state index contributed by atoms with van der Waals surface area (Å²) in [4.78, 5) is 12.0. The molecule has 0 bridgehead atoms. The average Bonchev–Trinajstić information content (AvgIpc) is 2.39. The second kappa shape index (κ2) is 5.36. The van der Waals surface area contributed by atoms with Crippen molar-refractivity contribution in [3.05, 3.63) is 59.7 Å². The van der Waals surface area contributed by atoms with Crippen molar-refractivity contribution < 1.29 is 4.79 Å². The number of carbonyl (C=O) groups is 1. The number of amides is 1. The first-order valence-electron chi connectivity index (χ1n) is 5.95. The molecule has 0 atom stereocenters. The largest absolute Gasteiger partial charge is 0.399 e. The molecule has 3 heteroatoms. The van der Waals surface area contributed by atoms with Gasteiger partial charge >= 0.3 is 0 Å². The molecule has 0 saturated carbocycles. The fraction of sp³-hybridized carbons (Fsp3) is 0.133. The number of anilines is 2. The summed E-state index contributed by atoms with van der Waals surface area (Å²) in [5, 5.41) is 2.82. The summed E-state index contributed by atoms with van der Waals surface area (Å²) in [5.74, 6) is -0.122. The van der Waals surface area contributed by atoms with Gasteiger partial charge in [0, 0.05) is 16.9 Å². The van der Waals surface area contributed by atoms with Crippen molar-refractivity contribution in [2.24, 2.45) is 0 Å². The highest BCUT2D eigenvalue weighted by molar-refractivity contribution is 6.04. The van der Waals surface area contributed by atoms with E-state index in [1.807, 2.05) is 36.4 Å². The highest BCUT2D eigenvalue weighted by atomic mass is 16.1. The fourth-order valence-corrected chi connectivity index (χ4v) is 1.71. The molecule has 0 fully saturated rings. The maximum Gasteiger partial charge on any atom is 0.255 e. The third-order valence-corrected chi connectivity index (χ3v) is 2.77. The minimum Gasteiger partial charge on any atom is -0.399 e. The lowest BCUT2D eigenvalue weighted by Gasteiger charge is -2.06. The lowest BCUT2D eigenvalue weighted by Crippen LogP contribution is -2.11. The summed E-state index contributed by atoms with van der Waals surface area (Å²) < 4.78 is 0. The van der Waals surface area contributed by atoms with Crippen molar-refractivity contribution in [2.75, 3.05) is 11.1 Å². The van der Waals surface area contributed by atoms with Crippen LogP contribution in [0.15, 0.2) is 48.5 Å². The average molecular weight is 240 g/mol. The Morgan fingerprint density at radius 1 is 1.17 bits per heavy atom. The zero-order valence-electron chi connectivity index (χ0n) is 10.3. The minimum absolute atomic E-state index is 0.122. The van der Waals surface area contributed by atoms with Crippen molar-refractivity contribution in [3.63, 3.8) is 0 Å².